The van der Waals surface area contributed by atoms with Crippen LogP contribution < -0.4 is 14.8 Å². The van der Waals surface area contributed by atoms with Crippen molar-refractivity contribution in [2.45, 2.75) is 25.4 Å². The molecule has 152 valence electrons. The van der Waals surface area contributed by atoms with Gasteiger partial charge < -0.3 is 14.8 Å². The van der Waals surface area contributed by atoms with Crippen LogP contribution in [0.5, 0.6) is 11.5 Å². The number of rotatable bonds is 5. The smallest absolute Gasteiger partial charge is 0.242 e. The summed E-state index contributed by atoms with van der Waals surface area (Å²) in [5.41, 5.74) is 2.54. The Balaban J connectivity index is 1.26. The van der Waals surface area contributed by atoms with Crippen LogP contribution in [-0.2, 0) is 11.3 Å². The van der Waals surface area contributed by atoms with Gasteiger partial charge in [0.2, 0.25) is 12.7 Å². The number of amides is 1. The van der Waals surface area contributed by atoms with Gasteiger partial charge in [0.1, 0.15) is 5.69 Å². The molecule has 3 aromatic rings. The molecule has 0 saturated carbocycles. The lowest BCUT2D eigenvalue weighted by molar-refractivity contribution is -0.120. The minimum Gasteiger partial charge on any atom is -0.453 e. The Labute approximate surface area is 173 Å². The molecule has 5 rings (SSSR count). The second-order valence-electron chi connectivity index (χ2n) is 7.26. The second-order valence-corrected chi connectivity index (χ2v) is 7.26. The van der Waals surface area contributed by atoms with Crippen LogP contribution in [0.4, 0.5) is 5.82 Å². The van der Waals surface area contributed by atoms with Gasteiger partial charge in [-0.05, 0) is 19.4 Å². The summed E-state index contributed by atoms with van der Waals surface area (Å²) in [5, 5.41) is 2.90. The third-order valence-electron chi connectivity index (χ3n) is 5.35. The lowest BCUT2D eigenvalue weighted by Gasteiger charge is -2.23. The number of carbonyl (C=O) groups is 1. The van der Waals surface area contributed by atoms with Crippen molar-refractivity contribution < 1.29 is 14.3 Å². The molecule has 2 aromatic heterocycles. The summed E-state index contributed by atoms with van der Waals surface area (Å²) in [6, 6.07) is 11.4. The highest BCUT2D eigenvalue weighted by atomic mass is 16.7. The van der Waals surface area contributed by atoms with Gasteiger partial charge in [0.15, 0.2) is 17.3 Å². The van der Waals surface area contributed by atoms with E-state index in [-0.39, 0.29) is 18.7 Å². The summed E-state index contributed by atoms with van der Waals surface area (Å²) < 4.78 is 11.0. The van der Waals surface area contributed by atoms with Crippen molar-refractivity contribution in [3.63, 3.8) is 0 Å². The second kappa shape index (κ2) is 8.08. The third-order valence-corrected chi connectivity index (χ3v) is 5.35. The van der Waals surface area contributed by atoms with Crippen LogP contribution in [0.3, 0.4) is 0 Å². The predicted octanol–water partition coefficient (Wildman–Crippen LogP) is 2.87. The average molecular weight is 403 g/mol. The van der Waals surface area contributed by atoms with Crippen LogP contribution >= 0.6 is 0 Å². The van der Waals surface area contributed by atoms with Gasteiger partial charge in [-0.1, -0.05) is 30.3 Å². The zero-order chi connectivity index (χ0) is 20.3. The zero-order valence-electron chi connectivity index (χ0n) is 16.3. The number of aromatic nitrogens is 3. The monoisotopic (exact) mass is 403 g/mol. The van der Waals surface area contributed by atoms with Gasteiger partial charge in [-0.25, -0.2) is 4.98 Å². The molecule has 1 amide bonds. The van der Waals surface area contributed by atoms with Crippen molar-refractivity contribution in [1.29, 1.82) is 0 Å². The number of benzene rings is 1. The van der Waals surface area contributed by atoms with Crippen LogP contribution in [0, 0.1) is 0 Å². The highest BCUT2D eigenvalue weighted by Crippen LogP contribution is 2.35. The van der Waals surface area contributed by atoms with Crippen molar-refractivity contribution in [3.05, 3.63) is 60.7 Å². The van der Waals surface area contributed by atoms with Crippen molar-refractivity contribution in [1.82, 2.24) is 19.9 Å². The van der Waals surface area contributed by atoms with Gasteiger partial charge in [-0.3, -0.25) is 19.7 Å². The summed E-state index contributed by atoms with van der Waals surface area (Å²) in [6.45, 7) is 1.56. The fourth-order valence-electron chi connectivity index (χ4n) is 3.87. The van der Waals surface area contributed by atoms with Crippen molar-refractivity contribution >= 4 is 11.7 Å². The number of carbonyl (C=O) groups excluding carboxylic acids is 1. The molecule has 1 fully saturated rings. The number of nitrogens with zero attached hydrogens (tertiary/aromatic N) is 4. The zero-order valence-corrected chi connectivity index (χ0v) is 16.3. The van der Waals surface area contributed by atoms with Gasteiger partial charge >= 0.3 is 0 Å². The highest BCUT2D eigenvalue weighted by molar-refractivity contribution is 5.94. The summed E-state index contributed by atoms with van der Waals surface area (Å²) in [5.74, 6) is 1.74. The SMILES string of the molecule is O=C(Nc1cnc(-c2ccccc2)cn1)C1CCCN1Cc1nccc2c1OCO2. The van der Waals surface area contributed by atoms with E-state index in [1.807, 2.05) is 30.3 Å². The molecule has 1 aromatic carbocycles. The van der Waals surface area contributed by atoms with Gasteiger partial charge in [0.25, 0.3) is 0 Å². The lowest BCUT2D eigenvalue weighted by atomic mass is 10.2. The first kappa shape index (κ1) is 18.5. The molecule has 8 heteroatoms. The van der Waals surface area contributed by atoms with Crippen LogP contribution in [0.15, 0.2) is 55.0 Å². The summed E-state index contributed by atoms with van der Waals surface area (Å²) in [6.07, 6.45) is 6.71. The Morgan fingerprint density at radius 2 is 2.00 bits per heavy atom. The number of likely N-dealkylation sites (tertiary alicyclic amines) is 1. The molecule has 4 heterocycles. The topological polar surface area (TPSA) is 89.5 Å². The molecule has 1 N–H and O–H groups in total. The molecule has 0 bridgehead atoms. The standard InChI is InChI=1S/C22H21N5O3/c28-22(26-20-12-24-16(11-25-20)15-5-2-1-3-6-15)18-7-4-10-27(18)13-17-21-19(8-9-23-17)29-14-30-21/h1-3,5-6,8-9,11-12,18H,4,7,10,13-14H2,(H,25,26,28). The van der Waals surface area contributed by atoms with Crippen LogP contribution in [-0.4, -0.2) is 45.1 Å². The molecule has 1 unspecified atom stereocenters. The fourth-order valence-corrected chi connectivity index (χ4v) is 3.87. The van der Waals surface area contributed by atoms with E-state index in [2.05, 4.69) is 25.2 Å². The Morgan fingerprint density at radius 3 is 2.83 bits per heavy atom. The van der Waals surface area contributed by atoms with Crippen LogP contribution in [0.25, 0.3) is 11.3 Å². The molecule has 2 aliphatic heterocycles. The molecular formula is C22H21N5O3. The molecule has 1 atom stereocenters. The minimum atomic E-state index is -0.249. The molecule has 0 aliphatic carbocycles. The maximum Gasteiger partial charge on any atom is 0.242 e. The fraction of sp³-hybridized carbons (Fsp3) is 0.273. The van der Waals surface area contributed by atoms with Gasteiger partial charge in [-0.2, -0.15) is 0 Å². The summed E-state index contributed by atoms with van der Waals surface area (Å²) >= 11 is 0. The molecule has 0 radical (unpaired) electrons. The van der Waals surface area contributed by atoms with Crippen LogP contribution in [0.2, 0.25) is 0 Å². The number of hydrogen-bond donors (Lipinski definition) is 1. The Hall–Kier alpha value is -3.52. The Bertz CT molecular complexity index is 1040. The maximum atomic E-state index is 12.9. The van der Waals surface area contributed by atoms with Crippen molar-refractivity contribution in [2.24, 2.45) is 0 Å². The number of fused-ring (bicyclic) bond motifs is 1. The largest absolute Gasteiger partial charge is 0.453 e. The molecule has 2 aliphatic rings. The number of ether oxygens (including phenoxy) is 2. The average Bonchev–Trinajstić information content (AvgIpc) is 3.45. The summed E-state index contributed by atoms with van der Waals surface area (Å²) in [4.78, 5) is 28.2. The molecule has 30 heavy (non-hydrogen) atoms. The van der Waals surface area contributed by atoms with E-state index in [0.29, 0.717) is 23.9 Å². The van der Waals surface area contributed by atoms with Gasteiger partial charge in [0.05, 0.1) is 24.1 Å². The first-order valence-electron chi connectivity index (χ1n) is 9.94. The Kier molecular flexibility index (Phi) is 4.98. The van der Waals surface area contributed by atoms with Crippen molar-refractivity contribution in [3.8, 4) is 22.8 Å². The third kappa shape index (κ3) is 3.69. The number of pyridine rings is 1. The molecule has 8 nitrogen and oxygen atoms in total. The minimum absolute atomic E-state index is 0.0843. The highest BCUT2D eigenvalue weighted by Gasteiger charge is 2.32. The maximum absolute atomic E-state index is 12.9. The molecule has 1 saturated heterocycles. The van der Waals surface area contributed by atoms with Crippen LogP contribution in [0.1, 0.15) is 18.5 Å². The number of anilines is 1. The molecular weight excluding hydrogens is 382 g/mol. The molecule has 0 spiro atoms. The van der Waals surface area contributed by atoms with Gasteiger partial charge in [0, 0.05) is 24.4 Å². The Morgan fingerprint density at radius 1 is 1.10 bits per heavy atom. The van der Waals surface area contributed by atoms with E-state index in [4.69, 9.17) is 9.47 Å². The number of hydrogen-bond acceptors (Lipinski definition) is 7. The van der Waals surface area contributed by atoms with Crippen molar-refractivity contribution in [2.75, 3.05) is 18.7 Å². The quantitative estimate of drug-likeness (QED) is 0.701. The van der Waals surface area contributed by atoms with Gasteiger partial charge in [-0.15, -0.1) is 0 Å². The lowest BCUT2D eigenvalue weighted by Crippen LogP contribution is -2.39. The first-order valence-corrected chi connectivity index (χ1v) is 9.94. The summed E-state index contributed by atoms with van der Waals surface area (Å²) in [7, 11) is 0. The number of nitrogens with one attached hydrogen (secondary N) is 1. The normalized spacial score (nSPS) is 17.8. The predicted molar refractivity (Wildman–Crippen MR) is 110 cm³/mol. The van der Waals surface area contributed by atoms with E-state index >= 15 is 0 Å². The van der Waals surface area contributed by atoms with E-state index in [0.717, 1.165) is 36.3 Å². The van der Waals surface area contributed by atoms with E-state index < -0.39 is 0 Å². The van der Waals surface area contributed by atoms with E-state index in [9.17, 15) is 4.79 Å². The van der Waals surface area contributed by atoms with E-state index in [1.54, 1.807) is 24.7 Å². The first-order chi connectivity index (χ1) is 14.8. The van der Waals surface area contributed by atoms with E-state index in [1.165, 1.54) is 0 Å².